The van der Waals surface area contributed by atoms with Crippen LogP contribution >= 0.6 is 0 Å². The Kier molecular flexibility index (Phi) is 2.91. The van der Waals surface area contributed by atoms with Crippen LogP contribution in [0, 0.1) is 11.3 Å². The molecule has 1 aliphatic heterocycles. The van der Waals surface area contributed by atoms with Crippen molar-refractivity contribution in [2.24, 2.45) is 0 Å². The standard InChI is InChI=1S/C10H9F5N4/c1-5-2-7(9(11,12)10(13,14)15)19-8(18-5)6(3-16)4-17-19/h4-5,7,18H,2H2,1H3. The summed E-state index contributed by atoms with van der Waals surface area (Å²) in [6, 6.07) is -1.07. The van der Waals surface area contributed by atoms with Crippen molar-refractivity contribution >= 4 is 5.82 Å². The van der Waals surface area contributed by atoms with E-state index >= 15 is 0 Å². The summed E-state index contributed by atoms with van der Waals surface area (Å²) in [4.78, 5) is 0. The molecule has 1 aromatic heterocycles. The number of nitriles is 1. The van der Waals surface area contributed by atoms with Gasteiger partial charge in [0.25, 0.3) is 0 Å². The summed E-state index contributed by atoms with van der Waals surface area (Å²) in [5.41, 5.74) is -0.0606. The number of nitrogens with zero attached hydrogens (tertiary/aromatic N) is 3. The van der Waals surface area contributed by atoms with Gasteiger partial charge in [-0.05, 0) is 13.3 Å². The number of anilines is 1. The van der Waals surface area contributed by atoms with Crippen molar-refractivity contribution in [1.82, 2.24) is 9.78 Å². The third-order valence-electron chi connectivity index (χ3n) is 2.97. The number of rotatable bonds is 1. The zero-order chi connectivity index (χ0) is 14.4. The predicted octanol–water partition coefficient (Wildman–Crippen LogP) is 2.70. The van der Waals surface area contributed by atoms with Crippen LogP contribution in [0.5, 0.6) is 0 Å². The van der Waals surface area contributed by atoms with Gasteiger partial charge in [0.2, 0.25) is 0 Å². The maximum Gasteiger partial charge on any atom is 0.455 e. The van der Waals surface area contributed by atoms with Gasteiger partial charge in [-0.15, -0.1) is 0 Å². The Bertz CT molecular complexity index is 527. The summed E-state index contributed by atoms with van der Waals surface area (Å²) >= 11 is 0. The van der Waals surface area contributed by atoms with E-state index < -0.39 is 30.6 Å². The largest absolute Gasteiger partial charge is 0.455 e. The molecule has 1 aromatic rings. The minimum atomic E-state index is -5.66. The molecule has 2 heterocycles. The molecule has 0 saturated heterocycles. The topological polar surface area (TPSA) is 53.6 Å². The van der Waals surface area contributed by atoms with E-state index in [4.69, 9.17) is 5.26 Å². The molecule has 0 radical (unpaired) electrons. The SMILES string of the molecule is CC1CC(C(F)(F)C(F)(F)F)n2ncc(C#N)c2N1. The molecular weight excluding hydrogens is 271 g/mol. The smallest absolute Gasteiger partial charge is 0.367 e. The van der Waals surface area contributed by atoms with E-state index in [1.807, 2.05) is 0 Å². The normalized spacial score (nSPS) is 23.4. The lowest BCUT2D eigenvalue weighted by Gasteiger charge is -2.35. The summed E-state index contributed by atoms with van der Waals surface area (Å²) in [7, 11) is 0. The average Bonchev–Trinajstić information content (AvgIpc) is 2.68. The van der Waals surface area contributed by atoms with Crippen LogP contribution in [0.3, 0.4) is 0 Å². The number of hydrogen-bond donors (Lipinski definition) is 1. The van der Waals surface area contributed by atoms with E-state index in [0.717, 1.165) is 6.20 Å². The highest BCUT2D eigenvalue weighted by atomic mass is 19.4. The predicted molar refractivity (Wildman–Crippen MR) is 54.7 cm³/mol. The first-order valence-electron chi connectivity index (χ1n) is 5.37. The van der Waals surface area contributed by atoms with Gasteiger partial charge >= 0.3 is 12.1 Å². The number of halogens is 5. The van der Waals surface area contributed by atoms with E-state index in [-0.39, 0.29) is 11.4 Å². The molecule has 2 rings (SSSR count). The lowest BCUT2D eigenvalue weighted by Crippen LogP contribution is -2.48. The van der Waals surface area contributed by atoms with Gasteiger partial charge in [0.15, 0.2) is 0 Å². The molecule has 0 spiro atoms. The first-order chi connectivity index (χ1) is 8.68. The molecule has 19 heavy (non-hydrogen) atoms. The Morgan fingerprint density at radius 2 is 2.05 bits per heavy atom. The van der Waals surface area contributed by atoms with Crippen LogP contribution in [0.4, 0.5) is 27.8 Å². The summed E-state index contributed by atoms with van der Waals surface area (Å²) in [6.45, 7) is 1.47. The van der Waals surface area contributed by atoms with E-state index in [2.05, 4.69) is 10.4 Å². The second kappa shape index (κ2) is 4.08. The second-order valence-corrected chi connectivity index (χ2v) is 4.38. The second-order valence-electron chi connectivity index (χ2n) is 4.38. The fourth-order valence-corrected chi connectivity index (χ4v) is 2.04. The zero-order valence-electron chi connectivity index (χ0n) is 9.67. The lowest BCUT2D eigenvalue weighted by atomic mass is 9.99. The van der Waals surface area contributed by atoms with Gasteiger partial charge in [-0.3, -0.25) is 0 Å². The molecular formula is C10H9F5N4. The average molecular weight is 280 g/mol. The van der Waals surface area contributed by atoms with Crippen molar-refractivity contribution in [2.45, 2.75) is 37.5 Å². The van der Waals surface area contributed by atoms with Crippen molar-refractivity contribution in [3.05, 3.63) is 11.8 Å². The highest BCUT2D eigenvalue weighted by Gasteiger charge is 2.64. The van der Waals surface area contributed by atoms with Crippen LogP contribution in [-0.2, 0) is 0 Å². The first kappa shape index (κ1) is 13.6. The number of hydrogen-bond acceptors (Lipinski definition) is 3. The van der Waals surface area contributed by atoms with Crippen LogP contribution in [-0.4, -0.2) is 27.9 Å². The van der Waals surface area contributed by atoms with Gasteiger partial charge in [0.1, 0.15) is 23.5 Å². The van der Waals surface area contributed by atoms with Crippen molar-refractivity contribution in [2.75, 3.05) is 5.32 Å². The minimum absolute atomic E-state index is 0.0606. The van der Waals surface area contributed by atoms with Crippen molar-refractivity contribution in [3.8, 4) is 6.07 Å². The minimum Gasteiger partial charge on any atom is -0.367 e. The lowest BCUT2D eigenvalue weighted by molar-refractivity contribution is -0.301. The fraction of sp³-hybridized carbons (Fsp3) is 0.600. The highest BCUT2D eigenvalue weighted by Crippen LogP contribution is 2.47. The third kappa shape index (κ3) is 2.01. The Labute approximate surface area is 104 Å². The van der Waals surface area contributed by atoms with Crippen molar-refractivity contribution in [1.29, 1.82) is 5.26 Å². The Morgan fingerprint density at radius 1 is 1.42 bits per heavy atom. The van der Waals surface area contributed by atoms with Crippen LogP contribution in [0.1, 0.15) is 24.9 Å². The number of nitrogens with one attached hydrogen (secondary N) is 1. The molecule has 0 aliphatic carbocycles. The summed E-state index contributed by atoms with van der Waals surface area (Å²) in [5.74, 6) is -5.01. The van der Waals surface area contributed by atoms with Crippen LogP contribution in [0.25, 0.3) is 0 Å². The third-order valence-corrected chi connectivity index (χ3v) is 2.97. The van der Waals surface area contributed by atoms with Gasteiger partial charge in [-0.25, -0.2) is 4.68 Å². The molecule has 2 unspecified atom stereocenters. The molecule has 0 amide bonds. The van der Waals surface area contributed by atoms with Crippen LogP contribution in [0.2, 0.25) is 0 Å². The van der Waals surface area contributed by atoms with E-state index in [9.17, 15) is 22.0 Å². The quantitative estimate of drug-likeness (QED) is 0.805. The Hall–Kier alpha value is -1.85. The molecule has 1 N–H and O–H groups in total. The Morgan fingerprint density at radius 3 is 2.58 bits per heavy atom. The highest BCUT2D eigenvalue weighted by molar-refractivity contribution is 5.53. The monoisotopic (exact) mass is 280 g/mol. The molecule has 0 aromatic carbocycles. The van der Waals surface area contributed by atoms with E-state index in [1.54, 1.807) is 6.07 Å². The van der Waals surface area contributed by atoms with Crippen LogP contribution < -0.4 is 5.32 Å². The van der Waals surface area contributed by atoms with E-state index in [1.165, 1.54) is 6.92 Å². The number of fused-ring (bicyclic) bond motifs is 1. The van der Waals surface area contributed by atoms with Gasteiger partial charge in [0, 0.05) is 6.04 Å². The van der Waals surface area contributed by atoms with Crippen molar-refractivity contribution in [3.63, 3.8) is 0 Å². The maximum atomic E-state index is 13.5. The van der Waals surface area contributed by atoms with E-state index in [0.29, 0.717) is 4.68 Å². The van der Waals surface area contributed by atoms with Gasteiger partial charge in [-0.1, -0.05) is 0 Å². The van der Waals surface area contributed by atoms with Crippen LogP contribution in [0.15, 0.2) is 6.20 Å². The number of aromatic nitrogens is 2. The molecule has 0 bridgehead atoms. The molecule has 1 aliphatic rings. The Balaban J connectivity index is 2.51. The molecule has 0 fully saturated rings. The summed E-state index contributed by atoms with van der Waals surface area (Å²) in [5, 5.41) is 14.9. The molecule has 4 nitrogen and oxygen atoms in total. The first-order valence-corrected chi connectivity index (χ1v) is 5.37. The molecule has 2 atom stereocenters. The summed E-state index contributed by atoms with van der Waals surface area (Å²) in [6.07, 6.45) is -5.13. The fourth-order valence-electron chi connectivity index (χ4n) is 2.04. The summed E-state index contributed by atoms with van der Waals surface area (Å²) < 4.78 is 64.9. The van der Waals surface area contributed by atoms with Gasteiger partial charge < -0.3 is 5.32 Å². The maximum absolute atomic E-state index is 13.5. The molecule has 0 saturated carbocycles. The van der Waals surface area contributed by atoms with Crippen molar-refractivity contribution < 1.29 is 22.0 Å². The van der Waals surface area contributed by atoms with Gasteiger partial charge in [0.05, 0.1) is 6.20 Å². The number of alkyl halides is 5. The zero-order valence-corrected chi connectivity index (χ0v) is 9.67. The molecule has 104 valence electrons. The van der Waals surface area contributed by atoms with Gasteiger partial charge in [-0.2, -0.15) is 32.3 Å². The molecule has 9 heteroatoms.